The molecule has 0 saturated carbocycles. The first-order chi connectivity index (χ1) is 16.3. The van der Waals surface area contributed by atoms with E-state index in [2.05, 4.69) is 25.0 Å². The molecule has 0 saturated heterocycles. The van der Waals surface area contributed by atoms with Crippen LogP contribution in [0.5, 0.6) is 0 Å². The Bertz CT molecular complexity index is 1590. The van der Waals surface area contributed by atoms with E-state index >= 15 is 0 Å². The van der Waals surface area contributed by atoms with Gasteiger partial charge < -0.3 is 10.2 Å². The van der Waals surface area contributed by atoms with Crippen molar-refractivity contribution in [1.82, 2.24) is 25.0 Å². The Hall–Kier alpha value is -3.61. The normalized spacial score (nSPS) is 14.2. The van der Waals surface area contributed by atoms with Gasteiger partial charge in [0.15, 0.2) is 16.9 Å². The van der Waals surface area contributed by atoms with Crippen molar-refractivity contribution in [2.45, 2.75) is 13.0 Å². The Morgan fingerprint density at radius 1 is 1.24 bits per heavy atom. The number of nitrogen functional groups attached to an aromatic ring is 1. The summed E-state index contributed by atoms with van der Waals surface area (Å²) in [5, 5.41) is 8.70. The standard InChI is InChI=1S/C21H16ClN7O3S2/c22-13-6-7-16(33)17(10-13)34(30,31)27-14-4-1-3-12(9-14)11-29-20-19(26-28-29)18(24-21(23)25-20)15-5-2-8-32-15/h1-6,8-10,27H,7,11H2,(H2,23,24,25). The number of hydrogen-bond acceptors (Lipinski definition) is 9. The van der Waals surface area contributed by atoms with Crippen LogP contribution in [0.1, 0.15) is 12.0 Å². The first-order valence-electron chi connectivity index (χ1n) is 9.93. The van der Waals surface area contributed by atoms with Gasteiger partial charge in [-0.2, -0.15) is 4.98 Å². The Morgan fingerprint density at radius 2 is 2.09 bits per heavy atom. The first-order valence-corrected chi connectivity index (χ1v) is 12.2. The van der Waals surface area contributed by atoms with E-state index in [0.717, 1.165) is 5.56 Å². The van der Waals surface area contributed by atoms with Crippen LogP contribution in [0.4, 0.5) is 11.6 Å². The van der Waals surface area contributed by atoms with Gasteiger partial charge in [0.1, 0.15) is 10.6 Å². The number of rotatable bonds is 6. The molecule has 3 aromatic heterocycles. The van der Waals surface area contributed by atoms with Gasteiger partial charge in [0, 0.05) is 22.0 Å². The molecule has 0 atom stereocenters. The minimum Gasteiger partial charge on any atom is -0.463 e. The third-order valence-corrected chi connectivity index (χ3v) is 7.19. The summed E-state index contributed by atoms with van der Waals surface area (Å²) >= 11 is 11.2. The third-order valence-electron chi connectivity index (χ3n) is 4.96. The number of thiocarbonyl (C=S) groups is 1. The van der Waals surface area contributed by atoms with Crippen molar-refractivity contribution in [3.63, 3.8) is 0 Å². The fourth-order valence-corrected chi connectivity index (χ4v) is 5.40. The van der Waals surface area contributed by atoms with Gasteiger partial charge in [0.25, 0.3) is 10.0 Å². The highest BCUT2D eigenvalue weighted by molar-refractivity contribution is 7.99. The number of nitrogens with one attached hydrogen (secondary N) is 1. The molecule has 1 aliphatic carbocycles. The summed E-state index contributed by atoms with van der Waals surface area (Å²) in [7, 11) is -3.91. The van der Waals surface area contributed by atoms with Crippen LogP contribution in [0.15, 0.2) is 69.2 Å². The number of allylic oxidation sites excluding steroid dienone is 4. The molecule has 13 heteroatoms. The number of sulfonamides is 1. The second kappa shape index (κ2) is 8.63. The van der Waals surface area contributed by atoms with Crippen molar-refractivity contribution >= 4 is 61.5 Å². The lowest BCUT2D eigenvalue weighted by atomic mass is 10.2. The van der Waals surface area contributed by atoms with E-state index in [0.29, 0.717) is 44.6 Å². The summed E-state index contributed by atoms with van der Waals surface area (Å²) in [6.07, 6.45) is 4.84. The van der Waals surface area contributed by atoms with Crippen LogP contribution in [0.25, 0.3) is 22.6 Å². The maximum Gasteiger partial charge on any atom is 0.263 e. The van der Waals surface area contributed by atoms with Crippen molar-refractivity contribution in [2.24, 2.45) is 0 Å². The van der Waals surface area contributed by atoms with Gasteiger partial charge in [0.2, 0.25) is 5.95 Å². The predicted molar refractivity (Wildman–Crippen MR) is 133 cm³/mol. The highest BCUT2D eigenvalue weighted by atomic mass is 35.5. The zero-order valence-electron chi connectivity index (χ0n) is 17.3. The van der Waals surface area contributed by atoms with Gasteiger partial charge in [-0.15, -0.1) is 5.10 Å². The lowest BCUT2D eigenvalue weighted by Crippen LogP contribution is -2.21. The molecule has 0 radical (unpaired) electrons. The summed E-state index contributed by atoms with van der Waals surface area (Å²) < 4.78 is 35.3. The zero-order chi connectivity index (χ0) is 23.9. The molecule has 4 aromatic rings. The minimum absolute atomic E-state index is 0.0136. The molecule has 10 nitrogen and oxygen atoms in total. The quantitative estimate of drug-likeness (QED) is 0.369. The number of benzene rings is 1. The van der Waals surface area contributed by atoms with Crippen LogP contribution in [0.3, 0.4) is 0 Å². The monoisotopic (exact) mass is 513 g/mol. The van der Waals surface area contributed by atoms with E-state index in [4.69, 9.17) is 34.0 Å². The van der Waals surface area contributed by atoms with Crippen LogP contribution in [-0.4, -0.2) is 38.2 Å². The van der Waals surface area contributed by atoms with Gasteiger partial charge in [-0.1, -0.05) is 47.2 Å². The van der Waals surface area contributed by atoms with Crippen LogP contribution in [-0.2, 0) is 16.6 Å². The topological polar surface area (TPSA) is 142 Å². The molecule has 34 heavy (non-hydrogen) atoms. The first kappa shape index (κ1) is 22.2. The maximum atomic E-state index is 12.9. The molecule has 0 amide bonds. The highest BCUT2D eigenvalue weighted by Gasteiger charge is 2.24. The minimum atomic E-state index is -3.91. The van der Waals surface area contributed by atoms with Crippen LogP contribution in [0.2, 0.25) is 0 Å². The Labute approximate surface area is 204 Å². The fraction of sp³-hybridized carbons (Fsp3) is 0.0952. The maximum absolute atomic E-state index is 12.9. The van der Waals surface area contributed by atoms with Gasteiger partial charge >= 0.3 is 0 Å². The van der Waals surface area contributed by atoms with E-state index in [9.17, 15) is 8.42 Å². The molecule has 172 valence electrons. The van der Waals surface area contributed by atoms with Crippen molar-refractivity contribution < 1.29 is 12.8 Å². The highest BCUT2D eigenvalue weighted by Crippen LogP contribution is 2.27. The molecule has 0 fully saturated rings. The summed E-state index contributed by atoms with van der Waals surface area (Å²) in [6, 6.07) is 10.4. The fourth-order valence-electron chi connectivity index (χ4n) is 3.46. The molecule has 0 unspecified atom stereocenters. The number of nitrogens with zero attached hydrogens (tertiary/aromatic N) is 5. The zero-order valence-corrected chi connectivity index (χ0v) is 19.7. The summed E-state index contributed by atoms with van der Waals surface area (Å²) in [5.41, 5.74) is 8.30. The second-order valence-corrected chi connectivity index (χ2v) is 9.94. The van der Waals surface area contributed by atoms with E-state index in [-0.39, 0.29) is 17.4 Å². The van der Waals surface area contributed by atoms with Crippen LogP contribution in [0, 0.1) is 0 Å². The smallest absolute Gasteiger partial charge is 0.263 e. The number of nitrogens with two attached hydrogens (primary N) is 1. The molecule has 1 aromatic carbocycles. The number of aromatic nitrogens is 5. The van der Waals surface area contributed by atoms with E-state index in [1.54, 1.807) is 41.1 Å². The van der Waals surface area contributed by atoms with Gasteiger partial charge in [-0.3, -0.25) is 4.72 Å². The SMILES string of the molecule is Nc1nc(-c2ccco2)c2nnn(Cc3cccc(NS(=O)(=O)C4=CC(Cl)=CCC4=S)c3)c2n1. The molecule has 1 aliphatic rings. The average Bonchev–Trinajstić information content (AvgIpc) is 3.46. The second-order valence-electron chi connectivity index (χ2n) is 7.36. The number of halogens is 1. The third kappa shape index (κ3) is 4.30. The van der Waals surface area contributed by atoms with Gasteiger partial charge in [0.05, 0.1) is 12.8 Å². The van der Waals surface area contributed by atoms with Gasteiger partial charge in [-0.05, 0) is 35.9 Å². The molecular weight excluding hydrogens is 498 g/mol. The largest absolute Gasteiger partial charge is 0.463 e. The number of furan rings is 1. The average molecular weight is 514 g/mol. The Balaban J connectivity index is 1.44. The van der Waals surface area contributed by atoms with Crippen molar-refractivity contribution in [3.05, 3.63) is 70.3 Å². The number of hydrogen-bond donors (Lipinski definition) is 2. The number of anilines is 2. The lowest BCUT2D eigenvalue weighted by Gasteiger charge is -2.15. The molecule has 3 heterocycles. The lowest BCUT2D eigenvalue weighted by molar-refractivity contribution is 0.580. The number of fused-ring (bicyclic) bond motifs is 1. The molecule has 5 rings (SSSR count). The Morgan fingerprint density at radius 3 is 2.88 bits per heavy atom. The van der Waals surface area contributed by atoms with Crippen LogP contribution < -0.4 is 10.5 Å². The van der Waals surface area contributed by atoms with Crippen LogP contribution >= 0.6 is 23.8 Å². The predicted octanol–water partition coefficient (Wildman–Crippen LogP) is 3.63. The summed E-state index contributed by atoms with van der Waals surface area (Å²) in [5.74, 6) is 0.542. The van der Waals surface area contributed by atoms with E-state index in [1.165, 1.54) is 12.3 Å². The van der Waals surface area contributed by atoms with Crippen molar-refractivity contribution in [1.29, 1.82) is 0 Å². The van der Waals surface area contributed by atoms with E-state index < -0.39 is 10.0 Å². The van der Waals surface area contributed by atoms with Crippen molar-refractivity contribution in [2.75, 3.05) is 10.5 Å². The van der Waals surface area contributed by atoms with E-state index in [1.807, 2.05) is 6.07 Å². The molecule has 0 bridgehead atoms. The molecule has 3 N–H and O–H groups in total. The molecule has 0 spiro atoms. The summed E-state index contributed by atoms with van der Waals surface area (Å²) in [6.45, 7) is 0.260. The van der Waals surface area contributed by atoms with Gasteiger partial charge in [-0.25, -0.2) is 18.1 Å². The summed E-state index contributed by atoms with van der Waals surface area (Å²) in [4.78, 5) is 8.78. The molecular formula is C21H16ClN7O3S2. The van der Waals surface area contributed by atoms with Crippen molar-refractivity contribution in [3.8, 4) is 11.5 Å². The molecule has 0 aliphatic heterocycles. The Kier molecular flexibility index (Phi) is 5.63.